The summed E-state index contributed by atoms with van der Waals surface area (Å²) in [5.41, 5.74) is 1.07. The van der Waals surface area contributed by atoms with Crippen molar-refractivity contribution >= 4 is 21.8 Å². The van der Waals surface area contributed by atoms with Gasteiger partial charge in [0.2, 0.25) is 0 Å². The van der Waals surface area contributed by atoms with Gasteiger partial charge in [0.1, 0.15) is 5.82 Å². The second-order valence-electron chi connectivity index (χ2n) is 5.06. The Hall–Kier alpha value is -0.900. The number of nitrogens with zero attached hydrogens (tertiary/aromatic N) is 1. The molecular weight excluding hydrogens is 297 g/mol. The number of carbonyl (C=O) groups excluding carboxylic acids is 1. The summed E-state index contributed by atoms with van der Waals surface area (Å²) in [6.07, 6.45) is 2.01. The molecule has 0 bridgehead atoms. The first-order valence-corrected chi connectivity index (χ1v) is 7.03. The monoisotopic (exact) mass is 313 g/mol. The predicted octanol–water partition coefficient (Wildman–Crippen LogP) is 3.77. The molecule has 2 nitrogen and oxygen atoms in total. The smallest absolute Gasteiger partial charge is 0.256 e. The van der Waals surface area contributed by atoms with E-state index in [4.69, 9.17) is 0 Å². The molecule has 0 radical (unpaired) electrons. The lowest BCUT2D eigenvalue weighted by molar-refractivity contribution is 0.0692. The second kappa shape index (κ2) is 5.39. The van der Waals surface area contributed by atoms with Crippen LogP contribution in [0, 0.1) is 18.7 Å². The van der Waals surface area contributed by atoms with E-state index in [9.17, 15) is 9.18 Å². The van der Waals surface area contributed by atoms with Gasteiger partial charge in [-0.1, -0.05) is 22.9 Å². The van der Waals surface area contributed by atoms with Gasteiger partial charge in [-0.25, -0.2) is 4.39 Å². The lowest BCUT2D eigenvalue weighted by Crippen LogP contribution is -2.38. The minimum atomic E-state index is -0.448. The van der Waals surface area contributed by atoms with Crippen LogP contribution in [-0.4, -0.2) is 23.9 Å². The van der Waals surface area contributed by atoms with E-state index in [0.717, 1.165) is 31.5 Å². The molecule has 1 aliphatic heterocycles. The van der Waals surface area contributed by atoms with E-state index in [2.05, 4.69) is 22.9 Å². The SMILES string of the molecule is Cc1cc(C(=O)N2CCC(C)CC2)c(F)cc1Br. The summed E-state index contributed by atoms with van der Waals surface area (Å²) in [4.78, 5) is 14.0. The summed E-state index contributed by atoms with van der Waals surface area (Å²) < 4.78 is 14.5. The lowest BCUT2D eigenvalue weighted by atomic mass is 9.98. The minimum Gasteiger partial charge on any atom is -0.339 e. The topological polar surface area (TPSA) is 20.3 Å². The summed E-state index contributed by atoms with van der Waals surface area (Å²) in [5.74, 6) is 0.0247. The van der Waals surface area contributed by atoms with Gasteiger partial charge in [0.25, 0.3) is 5.91 Å². The zero-order chi connectivity index (χ0) is 13.3. The number of halogens is 2. The van der Waals surface area contributed by atoms with Gasteiger partial charge in [0.15, 0.2) is 0 Å². The van der Waals surface area contributed by atoms with Gasteiger partial charge < -0.3 is 4.90 Å². The molecule has 1 fully saturated rings. The third-order valence-electron chi connectivity index (χ3n) is 3.55. The van der Waals surface area contributed by atoms with E-state index in [1.807, 2.05) is 6.92 Å². The van der Waals surface area contributed by atoms with Crippen molar-refractivity contribution in [1.82, 2.24) is 4.90 Å². The molecular formula is C14H17BrFNO. The minimum absolute atomic E-state index is 0.185. The molecule has 1 saturated heterocycles. The number of benzene rings is 1. The largest absolute Gasteiger partial charge is 0.339 e. The normalized spacial score (nSPS) is 17.0. The van der Waals surface area contributed by atoms with Gasteiger partial charge in [0.05, 0.1) is 5.56 Å². The van der Waals surface area contributed by atoms with Gasteiger partial charge in [-0.05, 0) is 43.4 Å². The Morgan fingerprint density at radius 3 is 2.61 bits per heavy atom. The third kappa shape index (κ3) is 2.74. The van der Waals surface area contributed by atoms with E-state index in [1.54, 1.807) is 11.0 Å². The lowest BCUT2D eigenvalue weighted by Gasteiger charge is -2.30. The van der Waals surface area contributed by atoms with Crippen LogP contribution in [0.1, 0.15) is 35.7 Å². The summed E-state index contributed by atoms with van der Waals surface area (Å²) in [5, 5.41) is 0. The van der Waals surface area contributed by atoms with Gasteiger partial charge in [-0.15, -0.1) is 0 Å². The first kappa shape index (κ1) is 13.5. The number of aryl methyl sites for hydroxylation is 1. The van der Waals surface area contributed by atoms with Crippen molar-refractivity contribution < 1.29 is 9.18 Å². The van der Waals surface area contributed by atoms with Crippen LogP contribution in [-0.2, 0) is 0 Å². The number of likely N-dealkylation sites (tertiary alicyclic amines) is 1. The van der Waals surface area contributed by atoms with E-state index >= 15 is 0 Å². The zero-order valence-electron chi connectivity index (χ0n) is 10.7. The maximum atomic E-state index is 13.8. The van der Waals surface area contributed by atoms with Crippen LogP contribution >= 0.6 is 15.9 Å². The van der Waals surface area contributed by atoms with Crippen molar-refractivity contribution in [2.45, 2.75) is 26.7 Å². The van der Waals surface area contributed by atoms with Gasteiger partial charge >= 0.3 is 0 Å². The molecule has 0 unspecified atom stereocenters. The first-order valence-electron chi connectivity index (χ1n) is 6.24. The number of hydrogen-bond acceptors (Lipinski definition) is 1. The number of carbonyl (C=O) groups is 1. The summed E-state index contributed by atoms with van der Waals surface area (Å²) in [6, 6.07) is 2.99. The highest BCUT2D eigenvalue weighted by atomic mass is 79.9. The van der Waals surface area contributed by atoms with Crippen molar-refractivity contribution in [3.8, 4) is 0 Å². The van der Waals surface area contributed by atoms with Gasteiger partial charge in [-0.3, -0.25) is 4.79 Å². The Bertz CT molecular complexity index is 467. The molecule has 1 aliphatic rings. The maximum absolute atomic E-state index is 13.8. The molecule has 0 spiro atoms. The highest BCUT2D eigenvalue weighted by Crippen LogP contribution is 2.23. The highest BCUT2D eigenvalue weighted by molar-refractivity contribution is 9.10. The molecule has 1 amide bonds. The summed E-state index contributed by atoms with van der Waals surface area (Å²) in [7, 11) is 0. The van der Waals surface area contributed by atoms with Gasteiger partial charge in [0, 0.05) is 17.6 Å². The number of amides is 1. The average molecular weight is 314 g/mol. The zero-order valence-corrected chi connectivity index (χ0v) is 12.3. The first-order chi connectivity index (χ1) is 8.49. The molecule has 0 aromatic heterocycles. The van der Waals surface area contributed by atoms with E-state index in [1.165, 1.54) is 6.07 Å². The quantitative estimate of drug-likeness (QED) is 0.773. The second-order valence-corrected chi connectivity index (χ2v) is 5.91. The summed E-state index contributed by atoms with van der Waals surface area (Å²) >= 11 is 3.27. The molecule has 1 aromatic rings. The number of rotatable bonds is 1. The molecule has 18 heavy (non-hydrogen) atoms. The van der Waals surface area contributed by atoms with Crippen LogP contribution in [0.15, 0.2) is 16.6 Å². The van der Waals surface area contributed by atoms with Gasteiger partial charge in [-0.2, -0.15) is 0 Å². The maximum Gasteiger partial charge on any atom is 0.256 e. The van der Waals surface area contributed by atoms with E-state index < -0.39 is 5.82 Å². The standard InChI is InChI=1S/C14H17BrFNO/c1-9-3-5-17(6-4-9)14(18)11-7-10(2)12(15)8-13(11)16/h7-9H,3-6H2,1-2H3. The molecule has 2 rings (SSSR count). The molecule has 0 aliphatic carbocycles. The molecule has 1 aromatic carbocycles. The van der Waals surface area contributed by atoms with Crippen molar-refractivity contribution in [3.05, 3.63) is 33.5 Å². The van der Waals surface area contributed by atoms with Crippen LogP contribution in [0.5, 0.6) is 0 Å². The Kier molecular flexibility index (Phi) is 4.05. The van der Waals surface area contributed by atoms with Crippen LogP contribution in [0.4, 0.5) is 4.39 Å². The fourth-order valence-electron chi connectivity index (χ4n) is 2.20. The van der Waals surface area contributed by atoms with E-state index in [-0.39, 0.29) is 11.5 Å². The third-order valence-corrected chi connectivity index (χ3v) is 4.40. The van der Waals surface area contributed by atoms with Crippen LogP contribution in [0.3, 0.4) is 0 Å². The molecule has 0 saturated carbocycles. The number of hydrogen-bond donors (Lipinski definition) is 0. The molecule has 1 heterocycles. The van der Waals surface area contributed by atoms with Crippen LogP contribution < -0.4 is 0 Å². The van der Waals surface area contributed by atoms with Crippen LogP contribution in [0.2, 0.25) is 0 Å². The Balaban J connectivity index is 2.21. The average Bonchev–Trinajstić information content (AvgIpc) is 2.34. The Morgan fingerprint density at radius 1 is 1.39 bits per heavy atom. The molecule has 4 heteroatoms. The van der Waals surface area contributed by atoms with Crippen LogP contribution in [0.25, 0.3) is 0 Å². The van der Waals surface area contributed by atoms with Crippen molar-refractivity contribution in [3.63, 3.8) is 0 Å². The predicted molar refractivity (Wildman–Crippen MR) is 73.1 cm³/mol. The molecule has 0 atom stereocenters. The van der Waals surface area contributed by atoms with Crippen molar-refractivity contribution in [2.24, 2.45) is 5.92 Å². The molecule has 98 valence electrons. The Morgan fingerprint density at radius 2 is 2.00 bits per heavy atom. The highest BCUT2D eigenvalue weighted by Gasteiger charge is 2.23. The summed E-state index contributed by atoms with van der Waals surface area (Å²) in [6.45, 7) is 5.51. The fourth-order valence-corrected chi connectivity index (χ4v) is 2.52. The Labute approximate surface area is 115 Å². The van der Waals surface area contributed by atoms with Crippen molar-refractivity contribution in [2.75, 3.05) is 13.1 Å². The number of piperidine rings is 1. The molecule has 0 N–H and O–H groups in total. The van der Waals surface area contributed by atoms with Crippen molar-refractivity contribution in [1.29, 1.82) is 0 Å². The fraction of sp³-hybridized carbons (Fsp3) is 0.500. The van der Waals surface area contributed by atoms with E-state index in [0.29, 0.717) is 10.4 Å².